The van der Waals surface area contributed by atoms with Gasteiger partial charge in [-0.05, 0) is 37.9 Å². The maximum atomic E-state index is 11.8. The van der Waals surface area contributed by atoms with E-state index in [1.807, 2.05) is 0 Å². The Morgan fingerprint density at radius 1 is 1.41 bits per heavy atom. The highest BCUT2D eigenvalue weighted by atomic mass is 32.2. The third kappa shape index (κ3) is 5.11. The lowest BCUT2D eigenvalue weighted by atomic mass is 10.0. The van der Waals surface area contributed by atoms with Gasteiger partial charge in [0.2, 0.25) is 0 Å². The van der Waals surface area contributed by atoms with Crippen LogP contribution in [0.1, 0.15) is 50.9 Å². The van der Waals surface area contributed by atoms with E-state index in [-0.39, 0.29) is 17.5 Å². The molecule has 1 fully saturated rings. The highest BCUT2D eigenvalue weighted by Gasteiger charge is 2.26. The van der Waals surface area contributed by atoms with E-state index in [0.29, 0.717) is 18.7 Å². The monoisotopic (exact) mass is 329 g/mol. The minimum absolute atomic E-state index is 0.195. The van der Waals surface area contributed by atoms with Crippen LogP contribution in [0, 0.1) is 0 Å². The van der Waals surface area contributed by atoms with Crippen molar-refractivity contribution in [2.24, 2.45) is 0 Å². The molecule has 126 valence electrons. The molecule has 2 rings (SSSR count). The van der Waals surface area contributed by atoms with E-state index >= 15 is 0 Å². The van der Waals surface area contributed by atoms with Gasteiger partial charge < -0.3 is 9.52 Å². The van der Waals surface area contributed by atoms with Crippen molar-refractivity contribution in [1.82, 2.24) is 4.90 Å². The molecule has 1 aliphatic rings. The third-order valence-electron chi connectivity index (χ3n) is 4.50. The number of sulfone groups is 1. The average Bonchev–Trinajstić information content (AvgIpc) is 2.95. The largest absolute Gasteiger partial charge is 0.467 e. The number of hydrogen-bond acceptors (Lipinski definition) is 5. The van der Waals surface area contributed by atoms with Crippen LogP contribution in [0.15, 0.2) is 22.8 Å². The minimum atomic E-state index is -2.95. The molecule has 6 heteroatoms. The Bertz CT molecular complexity index is 526. The van der Waals surface area contributed by atoms with Gasteiger partial charge in [0.25, 0.3) is 0 Å². The molecule has 2 atom stereocenters. The van der Waals surface area contributed by atoms with Crippen molar-refractivity contribution in [1.29, 1.82) is 0 Å². The summed E-state index contributed by atoms with van der Waals surface area (Å²) < 4.78 is 28.8. The number of hydrogen-bond donors (Lipinski definition) is 1. The second kappa shape index (κ2) is 8.13. The Morgan fingerprint density at radius 3 is 2.91 bits per heavy atom. The second-order valence-electron chi connectivity index (χ2n) is 6.04. The fourth-order valence-electron chi connectivity index (χ4n) is 3.05. The number of aliphatic hydroxyl groups excluding tert-OH is 1. The van der Waals surface area contributed by atoms with Gasteiger partial charge in [-0.15, -0.1) is 0 Å². The van der Waals surface area contributed by atoms with Crippen LogP contribution in [0.3, 0.4) is 0 Å². The number of likely N-dealkylation sites (tertiary alicyclic amines) is 1. The van der Waals surface area contributed by atoms with E-state index in [4.69, 9.17) is 4.42 Å². The molecule has 0 amide bonds. The van der Waals surface area contributed by atoms with E-state index in [2.05, 4.69) is 4.90 Å². The van der Waals surface area contributed by atoms with E-state index in [1.165, 1.54) is 6.42 Å². The van der Waals surface area contributed by atoms with Crippen LogP contribution in [-0.2, 0) is 9.84 Å². The molecule has 0 bridgehead atoms. The predicted molar refractivity (Wildman–Crippen MR) is 86.4 cm³/mol. The van der Waals surface area contributed by atoms with E-state index in [9.17, 15) is 13.5 Å². The maximum absolute atomic E-state index is 11.8. The molecule has 1 N–H and O–H groups in total. The molecule has 0 aromatic carbocycles. The van der Waals surface area contributed by atoms with Crippen LogP contribution in [0.2, 0.25) is 0 Å². The number of aliphatic hydroxyl groups is 1. The van der Waals surface area contributed by atoms with Gasteiger partial charge in [-0.25, -0.2) is 8.42 Å². The third-order valence-corrected chi connectivity index (χ3v) is 6.18. The van der Waals surface area contributed by atoms with Crippen LogP contribution in [0.4, 0.5) is 0 Å². The zero-order valence-electron chi connectivity index (χ0n) is 13.3. The molecule has 2 unspecified atom stereocenters. The van der Waals surface area contributed by atoms with E-state index < -0.39 is 15.9 Å². The first-order valence-corrected chi connectivity index (χ1v) is 10.00. The minimum Gasteiger partial charge on any atom is -0.467 e. The SMILES string of the molecule is CCS(=O)(=O)CCN1CCCCCC1CC(O)c1ccco1. The smallest absolute Gasteiger partial charge is 0.151 e. The molecule has 22 heavy (non-hydrogen) atoms. The zero-order valence-corrected chi connectivity index (χ0v) is 14.1. The Labute approximate surface area is 133 Å². The van der Waals surface area contributed by atoms with Crippen LogP contribution in [-0.4, -0.2) is 49.1 Å². The normalized spacial score (nSPS) is 22.4. The van der Waals surface area contributed by atoms with E-state index in [0.717, 1.165) is 25.8 Å². The highest BCUT2D eigenvalue weighted by molar-refractivity contribution is 7.91. The molecule has 1 aromatic heterocycles. The van der Waals surface area contributed by atoms with Gasteiger partial charge in [-0.1, -0.05) is 19.8 Å². The van der Waals surface area contributed by atoms with Gasteiger partial charge in [0.15, 0.2) is 9.84 Å². The van der Waals surface area contributed by atoms with Crippen LogP contribution < -0.4 is 0 Å². The zero-order chi connectivity index (χ0) is 16.0. The first-order valence-electron chi connectivity index (χ1n) is 8.18. The summed E-state index contributed by atoms with van der Waals surface area (Å²) in [5.74, 6) is 0.988. The molecule has 1 aromatic rings. The van der Waals surface area contributed by atoms with Crippen LogP contribution in [0.25, 0.3) is 0 Å². The molecule has 1 saturated heterocycles. The van der Waals surface area contributed by atoms with Crippen molar-refractivity contribution < 1.29 is 17.9 Å². The molecule has 5 nitrogen and oxygen atoms in total. The topological polar surface area (TPSA) is 70.8 Å². The summed E-state index contributed by atoms with van der Waals surface area (Å²) >= 11 is 0. The summed E-state index contributed by atoms with van der Waals surface area (Å²) in [7, 11) is -2.95. The summed E-state index contributed by atoms with van der Waals surface area (Å²) in [6.45, 7) is 3.16. The van der Waals surface area contributed by atoms with Gasteiger partial charge >= 0.3 is 0 Å². The Kier molecular flexibility index (Phi) is 6.47. The van der Waals surface area contributed by atoms with E-state index in [1.54, 1.807) is 25.3 Å². The summed E-state index contributed by atoms with van der Waals surface area (Å²) in [4.78, 5) is 2.24. The average molecular weight is 329 g/mol. The Balaban J connectivity index is 1.98. The standard InChI is InChI=1S/C16H27NO4S/c1-2-22(19,20)12-10-17-9-5-3-4-7-14(17)13-15(18)16-8-6-11-21-16/h6,8,11,14-15,18H,2-5,7,9-10,12-13H2,1H3. The maximum Gasteiger partial charge on any atom is 0.151 e. The van der Waals surface area contributed by atoms with Crippen molar-refractivity contribution in [2.45, 2.75) is 51.2 Å². The van der Waals surface area contributed by atoms with Crippen LogP contribution in [0.5, 0.6) is 0 Å². The first kappa shape index (κ1) is 17.5. The number of rotatable bonds is 7. The summed E-state index contributed by atoms with van der Waals surface area (Å²) in [5, 5.41) is 10.3. The summed E-state index contributed by atoms with van der Waals surface area (Å²) in [6.07, 6.45) is 5.94. The van der Waals surface area contributed by atoms with Gasteiger partial charge in [-0.2, -0.15) is 0 Å². The quantitative estimate of drug-likeness (QED) is 0.831. The van der Waals surface area contributed by atoms with Crippen LogP contribution >= 0.6 is 0 Å². The predicted octanol–water partition coefficient (Wildman–Crippen LogP) is 2.38. The molecule has 0 radical (unpaired) electrons. The first-order chi connectivity index (χ1) is 10.5. The van der Waals surface area contributed by atoms with Crippen molar-refractivity contribution in [2.75, 3.05) is 24.6 Å². The summed E-state index contributed by atoms with van der Waals surface area (Å²) in [5.41, 5.74) is 0. The Hall–Kier alpha value is -0.850. The highest BCUT2D eigenvalue weighted by Crippen LogP contribution is 2.26. The molecule has 1 aliphatic heterocycles. The summed E-state index contributed by atoms with van der Waals surface area (Å²) in [6, 6.07) is 3.78. The van der Waals surface area contributed by atoms with Crippen molar-refractivity contribution in [3.05, 3.63) is 24.2 Å². The molecule has 0 spiro atoms. The lowest BCUT2D eigenvalue weighted by Gasteiger charge is -2.31. The number of nitrogens with zero attached hydrogens (tertiary/aromatic N) is 1. The van der Waals surface area contributed by atoms with Crippen molar-refractivity contribution in [3.63, 3.8) is 0 Å². The molecular weight excluding hydrogens is 302 g/mol. The fourth-order valence-corrected chi connectivity index (χ4v) is 3.85. The lowest BCUT2D eigenvalue weighted by molar-refractivity contribution is 0.0889. The lowest BCUT2D eigenvalue weighted by Crippen LogP contribution is -2.39. The van der Waals surface area contributed by atoms with Gasteiger partial charge in [0.1, 0.15) is 11.9 Å². The second-order valence-corrected chi connectivity index (χ2v) is 8.52. The fraction of sp³-hybridized carbons (Fsp3) is 0.750. The Morgan fingerprint density at radius 2 is 2.23 bits per heavy atom. The van der Waals surface area contributed by atoms with Crippen molar-refractivity contribution in [3.8, 4) is 0 Å². The molecular formula is C16H27NO4S. The number of furan rings is 1. The van der Waals surface area contributed by atoms with Gasteiger partial charge in [-0.3, -0.25) is 4.90 Å². The molecule has 0 aliphatic carbocycles. The molecule has 0 saturated carbocycles. The van der Waals surface area contributed by atoms with Gasteiger partial charge in [0.05, 0.1) is 12.0 Å². The molecule has 2 heterocycles. The van der Waals surface area contributed by atoms with Crippen molar-refractivity contribution >= 4 is 9.84 Å². The van der Waals surface area contributed by atoms with Gasteiger partial charge in [0, 0.05) is 18.3 Å².